The largest absolute Gasteiger partial charge is 0.367 e. The van der Waals surface area contributed by atoms with Gasteiger partial charge in [0.15, 0.2) is 4.87 Å². The Hall–Kier alpha value is -0.400. The Morgan fingerprint density at radius 2 is 2.10 bits per heavy atom. The van der Waals surface area contributed by atoms with Gasteiger partial charge in [0.25, 0.3) is 5.91 Å². The smallest absolute Gasteiger partial charge is 0.253 e. The first-order valence-corrected chi connectivity index (χ1v) is 9.72. The van der Waals surface area contributed by atoms with Crippen molar-refractivity contribution in [3.8, 4) is 0 Å². The molecule has 1 saturated heterocycles. The molecule has 2 amide bonds. The number of thioether (sulfide) groups is 2. The topological polar surface area (TPSA) is 84.2 Å². The monoisotopic (exact) mass is 331 g/mol. The standard InChI is InChI=1S/C14H25N3O2S2/c1-14(13(15)19,17-12(18)11-8-20-9-16-11)21-7-10-5-3-2-4-6-10/h10-11,16H,2-9H2,1H3,(H2,15,19)(H,17,18)/t11-,14?/m0/s1. The van der Waals surface area contributed by atoms with Crippen LogP contribution in [0, 0.1) is 5.92 Å². The van der Waals surface area contributed by atoms with Crippen LogP contribution in [0.3, 0.4) is 0 Å². The third kappa shape index (κ3) is 4.79. The van der Waals surface area contributed by atoms with E-state index in [0.29, 0.717) is 5.92 Å². The van der Waals surface area contributed by atoms with Gasteiger partial charge in [0.05, 0.1) is 6.04 Å². The van der Waals surface area contributed by atoms with Crippen molar-refractivity contribution < 1.29 is 9.59 Å². The van der Waals surface area contributed by atoms with Crippen molar-refractivity contribution in [1.82, 2.24) is 10.6 Å². The summed E-state index contributed by atoms with van der Waals surface area (Å²) in [6, 6.07) is -0.219. The van der Waals surface area contributed by atoms with Crippen molar-refractivity contribution >= 4 is 35.3 Å². The van der Waals surface area contributed by atoms with Crippen LogP contribution in [0.15, 0.2) is 0 Å². The zero-order chi connectivity index (χ0) is 15.3. The summed E-state index contributed by atoms with van der Waals surface area (Å²) in [5, 5.41) is 5.96. The maximum Gasteiger partial charge on any atom is 0.253 e. The van der Waals surface area contributed by atoms with Gasteiger partial charge in [0.1, 0.15) is 0 Å². The summed E-state index contributed by atoms with van der Waals surface area (Å²) in [5.41, 5.74) is 5.53. The number of carbonyl (C=O) groups excluding carboxylic acids is 2. The van der Waals surface area contributed by atoms with E-state index in [2.05, 4.69) is 10.6 Å². The molecule has 2 aliphatic rings. The maximum absolute atomic E-state index is 12.2. The highest BCUT2D eigenvalue weighted by atomic mass is 32.2. The number of rotatable bonds is 6. The van der Waals surface area contributed by atoms with Gasteiger partial charge >= 0.3 is 0 Å². The highest BCUT2D eigenvalue weighted by Gasteiger charge is 2.37. The lowest BCUT2D eigenvalue weighted by Crippen LogP contribution is -2.57. The first-order valence-electron chi connectivity index (χ1n) is 7.58. The molecule has 7 heteroatoms. The van der Waals surface area contributed by atoms with Gasteiger partial charge in [-0.05, 0) is 31.4 Å². The van der Waals surface area contributed by atoms with Gasteiger partial charge in [-0.3, -0.25) is 14.9 Å². The minimum atomic E-state index is -1.01. The second-order valence-electron chi connectivity index (χ2n) is 5.97. The minimum Gasteiger partial charge on any atom is -0.367 e. The molecule has 1 saturated carbocycles. The van der Waals surface area contributed by atoms with E-state index in [-0.39, 0.29) is 11.9 Å². The first kappa shape index (κ1) is 17.0. The zero-order valence-electron chi connectivity index (χ0n) is 12.5. The molecule has 0 radical (unpaired) electrons. The molecule has 0 aromatic rings. The van der Waals surface area contributed by atoms with E-state index in [1.165, 1.54) is 43.9 Å². The van der Waals surface area contributed by atoms with Crippen LogP contribution in [0.25, 0.3) is 0 Å². The summed E-state index contributed by atoms with van der Waals surface area (Å²) < 4.78 is 0. The summed E-state index contributed by atoms with van der Waals surface area (Å²) in [4.78, 5) is 23.0. The fraction of sp³-hybridized carbons (Fsp3) is 0.857. The SMILES string of the molecule is CC(NC(=O)[C@@H]1CSCN1)(SCC1CCCCC1)C(N)=O. The third-order valence-electron chi connectivity index (χ3n) is 4.20. The molecule has 2 rings (SSSR count). The van der Waals surface area contributed by atoms with Crippen LogP contribution in [0.5, 0.6) is 0 Å². The van der Waals surface area contributed by atoms with Crippen molar-refractivity contribution in [2.75, 3.05) is 17.4 Å². The van der Waals surface area contributed by atoms with Gasteiger partial charge in [0.2, 0.25) is 5.91 Å². The average Bonchev–Trinajstić information content (AvgIpc) is 3.00. The third-order valence-corrected chi connectivity index (χ3v) is 6.66. The van der Waals surface area contributed by atoms with E-state index >= 15 is 0 Å². The molecule has 21 heavy (non-hydrogen) atoms. The van der Waals surface area contributed by atoms with Crippen molar-refractivity contribution in [2.45, 2.75) is 49.9 Å². The highest BCUT2D eigenvalue weighted by molar-refractivity contribution is 8.01. The Kier molecular flexibility index (Phi) is 6.25. The van der Waals surface area contributed by atoms with E-state index in [1.54, 1.807) is 18.7 Å². The van der Waals surface area contributed by atoms with Crippen LogP contribution in [0.1, 0.15) is 39.0 Å². The van der Waals surface area contributed by atoms with E-state index in [1.807, 2.05) is 0 Å². The van der Waals surface area contributed by atoms with Gasteiger partial charge < -0.3 is 11.1 Å². The van der Waals surface area contributed by atoms with Crippen LogP contribution in [0.2, 0.25) is 0 Å². The highest BCUT2D eigenvalue weighted by Crippen LogP contribution is 2.31. The first-order chi connectivity index (χ1) is 10.0. The lowest BCUT2D eigenvalue weighted by molar-refractivity contribution is -0.128. The predicted molar refractivity (Wildman–Crippen MR) is 89.0 cm³/mol. The van der Waals surface area contributed by atoms with Crippen LogP contribution in [-0.2, 0) is 9.59 Å². The molecule has 0 bridgehead atoms. The van der Waals surface area contributed by atoms with Crippen molar-refractivity contribution in [3.63, 3.8) is 0 Å². The van der Waals surface area contributed by atoms with Gasteiger partial charge in [-0.1, -0.05) is 19.3 Å². The Morgan fingerprint density at radius 3 is 2.67 bits per heavy atom. The Bertz CT molecular complexity index is 382. The number of carbonyl (C=O) groups is 2. The van der Waals surface area contributed by atoms with Crippen LogP contribution < -0.4 is 16.4 Å². The number of hydrogen-bond donors (Lipinski definition) is 3. The molecule has 1 heterocycles. The molecule has 4 N–H and O–H groups in total. The van der Waals surface area contributed by atoms with Gasteiger partial charge in [0, 0.05) is 11.6 Å². The fourth-order valence-corrected chi connectivity index (χ4v) is 4.85. The van der Waals surface area contributed by atoms with Gasteiger partial charge in [-0.25, -0.2) is 0 Å². The molecule has 5 nitrogen and oxygen atoms in total. The predicted octanol–water partition coefficient (Wildman–Crippen LogP) is 1.28. The molecular formula is C14H25N3O2S2. The molecule has 1 unspecified atom stereocenters. The minimum absolute atomic E-state index is 0.127. The molecule has 2 fully saturated rings. The van der Waals surface area contributed by atoms with Crippen LogP contribution in [0.4, 0.5) is 0 Å². The second kappa shape index (κ2) is 7.74. The number of nitrogens with two attached hydrogens (primary N) is 1. The zero-order valence-corrected chi connectivity index (χ0v) is 14.2. The van der Waals surface area contributed by atoms with E-state index in [0.717, 1.165) is 17.4 Å². The Morgan fingerprint density at radius 1 is 1.38 bits per heavy atom. The van der Waals surface area contributed by atoms with E-state index < -0.39 is 10.8 Å². The number of nitrogens with one attached hydrogen (secondary N) is 2. The summed E-state index contributed by atoms with van der Waals surface area (Å²) in [5.74, 6) is 2.44. The van der Waals surface area contributed by atoms with Crippen molar-refractivity contribution in [1.29, 1.82) is 0 Å². The molecule has 2 atom stereocenters. The average molecular weight is 332 g/mol. The summed E-state index contributed by atoms with van der Waals surface area (Å²) in [7, 11) is 0. The number of hydrogen-bond acceptors (Lipinski definition) is 5. The van der Waals surface area contributed by atoms with Crippen LogP contribution >= 0.6 is 23.5 Å². The molecule has 1 aliphatic carbocycles. The lowest BCUT2D eigenvalue weighted by atomic mass is 9.91. The molecule has 1 aliphatic heterocycles. The molecule has 120 valence electrons. The van der Waals surface area contributed by atoms with E-state index in [9.17, 15) is 9.59 Å². The van der Waals surface area contributed by atoms with Crippen molar-refractivity contribution in [3.05, 3.63) is 0 Å². The number of primary amides is 1. The van der Waals surface area contributed by atoms with E-state index in [4.69, 9.17) is 5.73 Å². The normalized spacial score (nSPS) is 26.2. The van der Waals surface area contributed by atoms with Gasteiger partial charge in [-0.2, -0.15) is 0 Å². The van der Waals surface area contributed by atoms with Crippen molar-refractivity contribution in [2.24, 2.45) is 11.7 Å². The molecule has 0 spiro atoms. The molecule has 0 aromatic heterocycles. The van der Waals surface area contributed by atoms with Gasteiger partial charge in [-0.15, -0.1) is 23.5 Å². The summed E-state index contributed by atoms with van der Waals surface area (Å²) in [6.45, 7) is 1.73. The second-order valence-corrected chi connectivity index (χ2v) is 8.44. The fourth-order valence-electron chi connectivity index (χ4n) is 2.69. The summed E-state index contributed by atoms with van der Waals surface area (Å²) in [6.07, 6.45) is 6.30. The Labute approximate surface area is 134 Å². The lowest BCUT2D eigenvalue weighted by Gasteiger charge is -2.30. The maximum atomic E-state index is 12.2. The number of amides is 2. The molecular weight excluding hydrogens is 306 g/mol. The van der Waals surface area contributed by atoms with Crippen LogP contribution in [-0.4, -0.2) is 40.1 Å². The molecule has 0 aromatic carbocycles. The Balaban J connectivity index is 1.88. The summed E-state index contributed by atoms with van der Waals surface area (Å²) >= 11 is 3.17. The quantitative estimate of drug-likeness (QED) is 0.639.